The van der Waals surface area contributed by atoms with Gasteiger partial charge in [-0.2, -0.15) is 0 Å². The molecule has 2 aromatic rings. The number of carboxylic acids is 1. The molecule has 2 aromatic carbocycles. The Labute approximate surface area is 192 Å². The fraction of sp³-hybridized carbons (Fsp3) is 0.400. The third-order valence-corrected chi connectivity index (χ3v) is 6.58. The Hall–Kier alpha value is -3.39. The molecule has 3 N–H and O–H groups in total. The van der Waals surface area contributed by atoms with Crippen molar-refractivity contribution in [3.8, 4) is 11.1 Å². The molecule has 3 unspecified atom stereocenters. The molecule has 0 spiro atoms. The van der Waals surface area contributed by atoms with Crippen molar-refractivity contribution in [1.82, 2.24) is 10.6 Å². The number of carbonyl (C=O) groups excluding carboxylic acids is 2. The minimum Gasteiger partial charge on any atom is -0.480 e. The molecule has 2 amide bonds. The lowest BCUT2D eigenvalue weighted by atomic mass is 9.98. The van der Waals surface area contributed by atoms with Crippen LogP contribution < -0.4 is 10.6 Å². The zero-order valence-corrected chi connectivity index (χ0v) is 18.7. The molecule has 0 radical (unpaired) electrons. The Kier molecular flexibility index (Phi) is 6.37. The molecule has 174 valence electrons. The molecule has 8 heteroatoms. The van der Waals surface area contributed by atoms with Crippen LogP contribution in [0.3, 0.4) is 0 Å². The minimum atomic E-state index is -1.41. The van der Waals surface area contributed by atoms with Gasteiger partial charge in [-0.25, -0.2) is 9.59 Å². The molecule has 0 bridgehead atoms. The van der Waals surface area contributed by atoms with Crippen molar-refractivity contribution in [3.63, 3.8) is 0 Å². The Morgan fingerprint density at radius 1 is 1.09 bits per heavy atom. The summed E-state index contributed by atoms with van der Waals surface area (Å²) >= 11 is 0. The quantitative estimate of drug-likeness (QED) is 0.595. The fourth-order valence-electron chi connectivity index (χ4n) is 4.42. The SMILES string of the molecule is CCC(C)(NC(=O)C1OCCC1NC(=O)OCC1c2ccccc2-c2ccccc21)C(=O)O. The summed E-state index contributed by atoms with van der Waals surface area (Å²) in [7, 11) is 0. The third-order valence-electron chi connectivity index (χ3n) is 6.58. The predicted octanol–water partition coefficient (Wildman–Crippen LogP) is 3.05. The van der Waals surface area contributed by atoms with Gasteiger partial charge in [-0.15, -0.1) is 0 Å². The second-order valence-electron chi connectivity index (χ2n) is 8.64. The van der Waals surface area contributed by atoms with Crippen molar-refractivity contribution in [2.45, 2.75) is 50.3 Å². The van der Waals surface area contributed by atoms with E-state index in [1.54, 1.807) is 6.92 Å². The highest BCUT2D eigenvalue weighted by molar-refractivity contribution is 5.89. The maximum Gasteiger partial charge on any atom is 0.407 e. The van der Waals surface area contributed by atoms with Gasteiger partial charge in [-0.3, -0.25) is 4.79 Å². The fourth-order valence-corrected chi connectivity index (χ4v) is 4.42. The molecular formula is C25H28N2O6. The summed E-state index contributed by atoms with van der Waals surface area (Å²) in [6.45, 7) is 3.56. The van der Waals surface area contributed by atoms with Crippen LogP contribution in [-0.4, -0.2) is 54.0 Å². The van der Waals surface area contributed by atoms with Gasteiger partial charge in [0.15, 0.2) is 6.10 Å². The zero-order valence-electron chi connectivity index (χ0n) is 18.7. The number of ether oxygens (including phenoxy) is 2. The Morgan fingerprint density at radius 2 is 1.70 bits per heavy atom. The van der Waals surface area contributed by atoms with Crippen LogP contribution in [0, 0.1) is 0 Å². The second-order valence-corrected chi connectivity index (χ2v) is 8.64. The summed E-state index contributed by atoms with van der Waals surface area (Å²) in [5, 5.41) is 14.7. The van der Waals surface area contributed by atoms with Gasteiger partial charge in [-0.1, -0.05) is 55.5 Å². The van der Waals surface area contributed by atoms with E-state index in [0.29, 0.717) is 6.42 Å². The van der Waals surface area contributed by atoms with Gasteiger partial charge >= 0.3 is 12.1 Å². The topological polar surface area (TPSA) is 114 Å². The zero-order chi connectivity index (χ0) is 23.6. The molecule has 1 aliphatic carbocycles. The summed E-state index contributed by atoms with van der Waals surface area (Å²) < 4.78 is 11.1. The van der Waals surface area contributed by atoms with Crippen molar-refractivity contribution in [2.75, 3.05) is 13.2 Å². The van der Waals surface area contributed by atoms with E-state index in [2.05, 4.69) is 22.8 Å². The molecule has 1 heterocycles. The highest BCUT2D eigenvalue weighted by Crippen LogP contribution is 2.44. The number of fused-ring (bicyclic) bond motifs is 3. The molecule has 1 saturated heterocycles. The smallest absolute Gasteiger partial charge is 0.407 e. The van der Waals surface area contributed by atoms with Crippen LogP contribution in [0.2, 0.25) is 0 Å². The van der Waals surface area contributed by atoms with Crippen LogP contribution in [0.15, 0.2) is 48.5 Å². The molecule has 8 nitrogen and oxygen atoms in total. The molecule has 1 fully saturated rings. The van der Waals surface area contributed by atoms with E-state index in [1.165, 1.54) is 6.92 Å². The van der Waals surface area contributed by atoms with Crippen LogP contribution in [0.1, 0.15) is 43.7 Å². The molecule has 0 aromatic heterocycles. The van der Waals surface area contributed by atoms with Gasteiger partial charge in [0.2, 0.25) is 0 Å². The number of aliphatic carboxylic acids is 1. The maximum absolute atomic E-state index is 12.7. The van der Waals surface area contributed by atoms with Crippen LogP contribution in [0.4, 0.5) is 4.79 Å². The maximum atomic E-state index is 12.7. The van der Waals surface area contributed by atoms with Gasteiger partial charge in [-0.05, 0) is 42.0 Å². The van der Waals surface area contributed by atoms with Crippen LogP contribution in [-0.2, 0) is 19.1 Å². The molecule has 3 atom stereocenters. The van der Waals surface area contributed by atoms with E-state index in [4.69, 9.17) is 9.47 Å². The predicted molar refractivity (Wildman–Crippen MR) is 121 cm³/mol. The highest BCUT2D eigenvalue weighted by Gasteiger charge is 2.41. The molecular weight excluding hydrogens is 424 g/mol. The first kappa shape index (κ1) is 22.8. The molecule has 4 rings (SSSR count). The number of carbonyl (C=O) groups is 3. The lowest BCUT2D eigenvalue weighted by molar-refractivity contribution is -0.149. The summed E-state index contributed by atoms with van der Waals surface area (Å²) in [6, 6.07) is 15.5. The van der Waals surface area contributed by atoms with E-state index in [9.17, 15) is 19.5 Å². The minimum absolute atomic E-state index is 0.0668. The number of hydrogen-bond donors (Lipinski definition) is 3. The van der Waals surface area contributed by atoms with E-state index in [1.807, 2.05) is 36.4 Å². The molecule has 2 aliphatic rings. The Morgan fingerprint density at radius 3 is 2.27 bits per heavy atom. The monoisotopic (exact) mass is 452 g/mol. The first-order chi connectivity index (χ1) is 15.8. The van der Waals surface area contributed by atoms with E-state index < -0.39 is 35.7 Å². The normalized spacial score (nSPS) is 20.9. The number of amides is 2. The number of hydrogen-bond acceptors (Lipinski definition) is 5. The lowest BCUT2D eigenvalue weighted by Gasteiger charge is -2.27. The van der Waals surface area contributed by atoms with Crippen LogP contribution in [0.25, 0.3) is 11.1 Å². The standard InChI is InChI=1S/C25H28N2O6/c1-3-25(2,23(29)30)27-22(28)21-20(12-13-32-21)26-24(31)33-14-19-17-10-6-4-8-15(17)16-9-5-7-11-18(16)19/h4-11,19-21H,3,12-14H2,1-2H3,(H,26,31)(H,27,28)(H,29,30). The van der Waals surface area contributed by atoms with Gasteiger partial charge in [0, 0.05) is 12.5 Å². The second kappa shape index (κ2) is 9.23. The molecule has 1 aliphatic heterocycles. The van der Waals surface area contributed by atoms with Crippen molar-refractivity contribution >= 4 is 18.0 Å². The lowest BCUT2D eigenvalue weighted by Crippen LogP contribution is -2.57. The third kappa shape index (κ3) is 4.43. The summed E-state index contributed by atoms with van der Waals surface area (Å²) in [4.78, 5) is 36.8. The van der Waals surface area contributed by atoms with Gasteiger partial charge < -0.3 is 25.2 Å². The summed E-state index contributed by atoms with van der Waals surface area (Å²) in [5.41, 5.74) is 3.10. The Balaban J connectivity index is 1.38. The molecule has 0 saturated carbocycles. The number of benzene rings is 2. The van der Waals surface area contributed by atoms with Gasteiger partial charge in [0.1, 0.15) is 12.1 Å². The summed E-state index contributed by atoms with van der Waals surface area (Å²) in [5.74, 6) is -1.76. The van der Waals surface area contributed by atoms with Crippen LogP contribution >= 0.6 is 0 Å². The average Bonchev–Trinajstić information content (AvgIpc) is 3.40. The highest BCUT2D eigenvalue weighted by atomic mass is 16.6. The Bertz CT molecular complexity index is 1020. The first-order valence-corrected chi connectivity index (χ1v) is 11.1. The molecule has 33 heavy (non-hydrogen) atoms. The van der Waals surface area contributed by atoms with E-state index >= 15 is 0 Å². The van der Waals surface area contributed by atoms with E-state index in [-0.39, 0.29) is 25.6 Å². The van der Waals surface area contributed by atoms with Crippen LogP contribution in [0.5, 0.6) is 0 Å². The number of carboxylic acid groups (broad SMARTS) is 1. The largest absolute Gasteiger partial charge is 0.480 e. The number of rotatable bonds is 7. The first-order valence-electron chi connectivity index (χ1n) is 11.1. The van der Waals surface area contributed by atoms with Crippen molar-refractivity contribution in [2.24, 2.45) is 0 Å². The number of alkyl carbamates (subject to hydrolysis) is 1. The van der Waals surface area contributed by atoms with Crippen molar-refractivity contribution < 1.29 is 29.0 Å². The van der Waals surface area contributed by atoms with Crippen molar-refractivity contribution in [3.05, 3.63) is 59.7 Å². The average molecular weight is 453 g/mol. The number of nitrogens with one attached hydrogen (secondary N) is 2. The van der Waals surface area contributed by atoms with E-state index in [0.717, 1.165) is 22.3 Å². The summed E-state index contributed by atoms with van der Waals surface area (Å²) in [6.07, 6.45) is -0.971. The van der Waals surface area contributed by atoms with Gasteiger partial charge in [0.25, 0.3) is 5.91 Å². The van der Waals surface area contributed by atoms with Crippen molar-refractivity contribution in [1.29, 1.82) is 0 Å². The van der Waals surface area contributed by atoms with Gasteiger partial charge in [0.05, 0.1) is 6.04 Å².